The quantitative estimate of drug-likeness (QED) is 0.894. The zero-order valence-electron chi connectivity index (χ0n) is 12.3. The first-order valence-electron chi connectivity index (χ1n) is 7.13. The molecule has 1 fully saturated rings. The lowest BCUT2D eigenvalue weighted by Crippen LogP contribution is -2.27. The van der Waals surface area contributed by atoms with Gasteiger partial charge in [-0.05, 0) is 36.8 Å². The molecule has 1 aliphatic heterocycles. The van der Waals surface area contributed by atoms with Gasteiger partial charge in [-0.3, -0.25) is 9.63 Å². The molecular formula is C15H16N2O5S. The van der Waals surface area contributed by atoms with Crippen LogP contribution in [0, 0.1) is 0 Å². The second-order valence-corrected chi connectivity index (χ2v) is 6.79. The van der Waals surface area contributed by atoms with E-state index in [0.717, 1.165) is 6.42 Å². The van der Waals surface area contributed by atoms with Gasteiger partial charge >= 0.3 is 0 Å². The van der Waals surface area contributed by atoms with E-state index in [2.05, 4.69) is 4.72 Å². The van der Waals surface area contributed by atoms with E-state index in [4.69, 9.17) is 9.25 Å². The minimum absolute atomic E-state index is 0.0223. The molecule has 0 aliphatic carbocycles. The van der Waals surface area contributed by atoms with Gasteiger partial charge < -0.3 is 4.42 Å². The number of nitrogens with one attached hydrogen (secondary N) is 1. The van der Waals surface area contributed by atoms with E-state index in [1.54, 1.807) is 18.2 Å². The monoisotopic (exact) mass is 336 g/mol. The van der Waals surface area contributed by atoms with Gasteiger partial charge in [0.05, 0.1) is 30.9 Å². The Morgan fingerprint density at radius 3 is 2.83 bits per heavy atom. The van der Waals surface area contributed by atoms with Crippen molar-refractivity contribution >= 4 is 15.9 Å². The summed E-state index contributed by atoms with van der Waals surface area (Å²) in [5, 5.41) is 1.25. The van der Waals surface area contributed by atoms with Crippen molar-refractivity contribution in [2.24, 2.45) is 0 Å². The number of furan rings is 1. The third-order valence-electron chi connectivity index (χ3n) is 3.39. The first kappa shape index (κ1) is 15.7. The third-order valence-corrected chi connectivity index (χ3v) is 4.79. The minimum atomic E-state index is -3.74. The Morgan fingerprint density at radius 2 is 2.13 bits per heavy atom. The van der Waals surface area contributed by atoms with E-state index >= 15 is 0 Å². The van der Waals surface area contributed by atoms with E-state index in [0.29, 0.717) is 18.9 Å². The highest BCUT2D eigenvalue weighted by atomic mass is 32.2. The molecule has 1 aromatic heterocycles. The number of benzene rings is 1. The minimum Gasteiger partial charge on any atom is -0.468 e. The fourth-order valence-corrected chi connectivity index (χ4v) is 3.25. The van der Waals surface area contributed by atoms with Gasteiger partial charge in [0.15, 0.2) is 0 Å². The average Bonchev–Trinajstić information content (AvgIpc) is 3.26. The molecule has 0 radical (unpaired) electrons. The zero-order chi connectivity index (χ0) is 16.3. The lowest BCUT2D eigenvalue weighted by molar-refractivity contribution is -0.0768. The van der Waals surface area contributed by atoms with E-state index in [9.17, 15) is 13.2 Å². The maximum absolute atomic E-state index is 12.3. The van der Waals surface area contributed by atoms with Gasteiger partial charge in [-0.15, -0.1) is 0 Å². The molecule has 1 N–H and O–H groups in total. The third kappa shape index (κ3) is 3.61. The predicted molar refractivity (Wildman–Crippen MR) is 80.8 cm³/mol. The van der Waals surface area contributed by atoms with Crippen molar-refractivity contribution in [3.8, 4) is 0 Å². The number of sulfonamides is 1. The van der Waals surface area contributed by atoms with Gasteiger partial charge in [-0.25, -0.2) is 18.2 Å². The molecule has 122 valence electrons. The van der Waals surface area contributed by atoms with Crippen LogP contribution in [0.2, 0.25) is 0 Å². The number of rotatable bonds is 5. The van der Waals surface area contributed by atoms with Crippen LogP contribution in [0.15, 0.2) is 52.0 Å². The van der Waals surface area contributed by atoms with E-state index in [1.807, 2.05) is 0 Å². The second kappa shape index (κ2) is 6.53. The van der Waals surface area contributed by atoms with Crippen LogP contribution in [0.5, 0.6) is 0 Å². The van der Waals surface area contributed by atoms with Crippen molar-refractivity contribution in [1.82, 2.24) is 9.79 Å². The van der Waals surface area contributed by atoms with Crippen LogP contribution in [-0.2, 0) is 21.4 Å². The van der Waals surface area contributed by atoms with Gasteiger partial charge in [-0.2, -0.15) is 0 Å². The molecule has 1 aliphatic rings. The molecule has 0 saturated carbocycles. The molecule has 23 heavy (non-hydrogen) atoms. The lowest BCUT2D eigenvalue weighted by atomic mass is 10.2. The fourth-order valence-electron chi connectivity index (χ4n) is 2.21. The first-order chi connectivity index (χ1) is 11.1. The van der Waals surface area contributed by atoms with Crippen LogP contribution >= 0.6 is 0 Å². The van der Waals surface area contributed by atoms with Crippen molar-refractivity contribution in [3.63, 3.8) is 0 Å². The SMILES string of the molecule is O=C(c1cccc(S(=O)(=O)NCc2ccco2)c1)N1CCCO1. The van der Waals surface area contributed by atoms with Crippen molar-refractivity contribution < 1.29 is 22.5 Å². The van der Waals surface area contributed by atoms with Crippen molar-refractivity contribution in [2.75, 3.05) is 13.2 Å². The number of hydrogen-bond acceptors (Lipinski definition) is 5. The van der Waals surface area contributed by atoms with Crippen LogP contribution in [-0.4, -0.2) is 32.5 Å². The molecule has 1 aromatic carbocycles. The van der Waals surface area contributed by atoms with Crippen LogP contribution in [0.3, 0.4) is 0 Å². The maximum Gasteiger partial charge on any atom is 0.277 e. The van der Waals surface area contributed by atoms with Crippen molar-refractivity contribution in [1.29, 1.82) is 0 Å². The summed E-state index contributed by atoms with van der Waals surface area (Å²) in [6.45, 7) is 1.05. The molecule has 0 spiro atoms. The number of nitrogens with zero attached hydrogens (tertiary/aromatic N) is 1. The molecule has 0 bridgehead atoms. The summed E-state index contributed by atoms with van der Waals surface area (Å²) in [6, 6.07) is 9.23. The first-order valence-corrected chi connectivity index (χ1v) is 8.61. The highest BCUT2D eigenvalue weighted by Gasteiger charge is 2.23. The Labute approximate surface area is 133 Å². The standard InChI is InChI=1S/C15H16N2O5S/c18-15(17-7-3-9-22-17)12-4-1-6-14(10-12)23(19,20)16-11-13-5-2-8-21-13/h1-2,4-6,8,10,16H,3,7,9,11H2. The van der Waals surface area contributed by atoms with Gasteiger partial charge in [0, 0.05) is 5.56 Å². The Morgan fingerprint density at radius 1 is 1.26 bits per heavy atom. The summed E-state index contributed by atoms with van der Waals surface area (Å²) < 4.78 is 32.2. The number of carbonyl (C=O) groups is 1. The van der Waals surface area contributed by atoms with Crippen molar-refractivity contribution in [3.05, 3.63) is 54.0 Å². The van der Waals surface area contributed by atoms with Gasteiger partial charge in [-0.1, -0.05) is 6.07 Å². The maximum atomic E-state index is 12.3. The van der Waals surface area contributed by atoms with Gasteiger partial charge in [0.25, 0.3) is 5.91 Å². The smallest absolute Gasteiger partial charge is 0.277 e. The molecule has 1 saturated heterocycles. The highest BCUT2D eigenvalue weighted by Crippen LogP contribution is 2.16. The summed E-state index contributed by atoms with van der Waals surface area (Å²) >= 11 is 0. The van der Waals surface area contributed by atoms with Crippen LogP contribution in [0.25, 0.3) is 0 Å². The molecule has 3 rings (SSSR count). The summed E-state index contributed by atoms with van der Waals surface area (Å²) in [5.41, 5.74) is 0.271. The molecule has 1 amide bonds. The van der Waals surface area contributed by atoms with Crippen LogP contribution in [0.1, 0.15) is 22.5 Å². The average molecular weight is 336 g/mol. The lowest BCUT2D eigenvalue weighted by Gasteiger charge is -2.14. The topological polar surface area (TPSA) is 88.8 Å². The predicted octanol–water partition coefficient (Wildman–Crippen LogP) is 1.54. The summed E-state index contributed by atoms with van der Waals surface area (Å²) in [4.78, 5) is 17.5. The molecule has 2 aromatic rings. The summed E-state index contributed by atoms with van der Waals surface area (Å²) in [6.07, 6.45) is 2.24. The summed E-state index contributed by atoms with van der Waals surface area (Å²) in [7, 11) is -3.74. The van der Waals surface area contributed by atoms with Crippen molar-refractivity contribution in [2.45, 2.75) is 17.9 Å². The van der Waals surface area contributed by atoms with E-state index in [-0.39, 0.29) is 22.9 Å². The highest BCUT2D eigenvalue weighted by molar-refractivity contribution is 7.89. The molecule has 8 heteroatoms. The molecule has 2 heterocycles. The van der Waals surface area contributed by atoms with Crippen LogP contribution in [0.4, 0.5) is 0 Å². The molecule has 0 unspecified atom stereocenters. The van der Waals surface area contributed by atoms with Gasteiger partial charge in [0.2, 0.25) is 10.0 Å². The fraction of sp³-hybridized carbons (Fsp3) is 0.267. The largest absolute Gasteiger partial charge is 0.468 e. The zero-order valence-corrected chi connectivity index (χ0v) is 13.1. The van der Waals surface area contributed by atoms with Crippen LogP contribution < -0.4 is 4.72 Å². The molecule has 7 nitrogen and oxygen atoms in total. The Balaban J connectivity index is 1.76. The molecule has 0 atom stereocenters. The number of carbonyl (C=O) groups excluding carboxylic acids is 1. The van der Waals surface area contributed by atoms with Gasteiger partial charge in [0.1, 0.15) is 5.76 Å². The summed E-state index contributed by atoms with van der Waals surface area (Å²) in [5.74, 6) is 0.164. The Bertz CT molecular complexity index is 780. The van der Waals surface area contributed by atoms with E-state index < -0.39 is 10.0 Å². The second-order valence-electron chi connectivity index (χ2n) is 5.03. The normalized spacial score (nSPS) is 15.0. The van der Waals surface area contributed by atoms with E-state index in [1.165, 1.54) is 29.5 Å². The molecular weight excluding hydrogens is 320 g/mol. The Hall–Kier alpha value is -2.16. The number of hydroxylamine groups is 2. The Kier molecular flexibility index (Phi) is 4.46. The number of amides is 1. The number of hydrogen-bond donors (Lipinski definition) is 1.